The van der Waals surface area contributed by atoms with Crippen molar-refractivity contribution in [2.24, 2.45) is 0 Å². The van der Waals surface area contributed by atoms with Gasteiger partial charge in [0.15, 0.2) is 6.61 Å². The summed E-state index contributed by atoms with van der Waals surface area (Å²) in [5, 5.41) is 0.684. The zero-order valence-corrected chi connectivity index (χ0v) is 16.5. The van der Waals surface area contributed by atoms with Crippen LogP contribution in [0.2, 0.25) is 5.02 Å². The number of ether oxygens (including phenoxy) is 1. The van der Waals surface area contributed by atoms with Gasteiger partial charge in [0.05, 0.1) is 12.8 Å². The quantitative estimate of drug-likeness (QED) is 0.539. The average molecular weight is 402 g/mol. The largest absolute Gasteiger partial charge is 0.484 e. The van der Waals surface area contributed by atoms with E-state index >= 15 is 0 Å². The molecule has 4 nitrogen and oxygen atoms in total. The van der Waals surface area contributed by atoms with Crippen molar-refractivity contribution in [1.82, 2.24) is 4.90 Å². The number of hydrogen-bond donors (Lipinski definition) is 0. The molecule has 146 valence electrons. The van der Waals surface area contributed by atoms with E-state index in [-0.39, 0.29) is 31.4 Å². The van der Waals surface area contributed by atoms with Gasteiger partial charge in [-0.25, -0.2) is 4.39 Å². The molecule has 1 heterocycles. The molecule has 0 N–H and O–H groups in total. The Hall–Kier alpha value is -2.79. The van der Waals surface area contributed by atoms with Crippen molar-refractivity contribution >= 4 is 17.5 Å². The lowest BCUT2D eigenvalue weighted by Crippen LogP contribution is -2.34. The van der Waals surface area contributed by atoms with Crippen LogP contribution in [0.15, 0.2) is 59.2 Å². The highest BCUT2D eigenvalue weighted by atomic mass is 35.5. The normalized spacial score (nSPS) is 10.7. The molecule has 1 aromatic heterocycles. The molecule has 28 heavy (non-hydrogen) atoms. The zero-order valence-electron chi connectivity index (χ0n) is 15.7. The third-order valence-corrected chi connectivity index (χ3v) is 4.91. The third kappa shape index (κ3) is 5.14. The van der Waals surface area contributed by atoms with Crippen molar-refractivity contribution in [3.63, 3.8) is 0 Å². The van der Waals surface area contributed by atoms with Gasteiger partial charge in [-0.05, 0) is 66.9 Å². The van der Waals surface area contributed by atoms with Crippen LogP contribution in [0.4, 0.5) is 4.39 Å². The van der Waals surface area contributed by atoms with Gasteiger partial charge in [-0.3, -0.25) is 4.79 Å². The third-order valence-electron chi connectivity index (χ3n) is 4.31. The molecule has 0 aliphatic rings. The lowest BCUT2D eigenvalue weighted by atomic mass is 10.1. The van der Waals surface area contributed by atoms with Gasteiger partial charge in [0.25, 0.3) is 5.91 Å². The van der Waals surface area contributed by atoms with E-state index in [1.807, 2.05) is 13.8 Å². The summed E-state index contributed by atoms with van der Waals surface area (Å²) in [6.07, 6.45) is 1.55. The average Bonchev–Trinajstić information content (AvgIpc) is 3.16. The molecular formula is C22H21ClFNO3. The molecule has 0 unspecified atom stereocenters. The summed E-state index contributed by atoms with van der Waals surface area (Å²) in [7, 11) is 0. The standard InChI is InChI=1S/C22H21ClFNO3/c1-15-9-20(10-16(2)22(15)23)28-14-21(26)25(13-19-7-4-8-27-19)12-17-5-3-6-18(24)11-17/h3-11H,12-14H2,1-2H3. The fourth-order valence-electron chi connectivity index (χ4n) is 2.90. The lowest BCUT2D eigenvalue weighted by Gasteiger charge is -2.22. The van der Waals surface area contributed by atoms with Crippen LogP contribution in [0.1, 0.15) is 22.5 Å². The maximum absolute atomic E-state index is 13.5. The maximum atomic E-state index is 13.5. The molecule has 0 saturated heterocycles. The summed E-state index contributed by atoms with van der Waals surface area (Å²) in [5.74, 6) is 0.650. The van der Waals surface area contributed by atoms with Gasteiger partial charge in [0.2, 0.25) is 0 Å². The van der Waals surface area contributed by atoms with E-state index in [9.17, 15) is 9.18 Å². The van der Waals surface area contributed by atoms with Crippen LogP contribution in [0.3, 0.4) is 0 Å². The van der Waals surface area contributed by atoms with E-state index in [0.717, 1.165) is 11.1 Å². The SMILES string of the molecule is Cc1cc(OCC(=O)N(Cc2cccc(F)c2)Cc2ccco2)cc(C)c1Cl. The first kappa shape index (κ1) is 20.0. The minimum absolute atomic E-state index is 0.142. The van der Waals surface area contributed by atoms with E-state index in [4.69, 9.17) is 20.8 Å². The van der Waals surface area contributed by atoms with Crippen LogP contribution in [0.5, 0.6) is 5.75 Å². The van der Waals surface area contributed by atoms with Gasteiger partial charge in [-0.2, -0.15) is 0 Å². The topological polar surface area (TPSA) is 42.7 Å². The molecular weight excluding hydrogens is 381 g/mol. The van der Waals surface area contributed by atoms with E-state index in [1.54, 1.807) is 47.6 Å². The van der Waals surface area contributed by atoms with Gasteiger partial charge in [-0.1, -0.05) is 23.7 Å². The summed E-state index contributed by atoms with van der Waals surface area (Å²) in [6, 6.07) is 13.3. The first-order chi connectivity index (χ1) is 13.4. The molecule has 6 heteroatoms. The summed E-state index contributed by atoms with van der Waals surface area (Å²) in [4.78, 5) is 14.4. The second-order valence-electron chi connectivity index (χ2n) is 6.62. The van der Waals surface area contributed by atoms with Crippen LogP contribution >= 0.6 is 11.6 Å². The predicted molar refractivity (Wildman–Crippen MR) is 106 cm³/mol. The molecule has 3 aromatic rings. The Kier molecular flexibility index (Phi) is 6.37. The molecule has 0 bridgehead atoms. The van der Waals surface area contributed by atoms with E-state index in [0.29, 0.717) is 22.1 Å². The van der Waals surface area contributed by atoms with E-state index < -0.39 is 0 Å². The Labute approximate surface area is 168 Å². The molecule has 1 amide bonds. The molecule has 0 spiro atoms. The fourth-order valence-corrected chi connectivity index (χ4v) is 3.01. The Morgan fingerprint density at radius 3 is 2.50 bits per heavy atom. The molecule has 0 radical (unpaired) electrons. The summed E-state index contributed by atoms with van der Waals surface area (Å²) in [6.45, 7) is 4.15. The number of amides is 1. The smallest absolute Gasteiger partial charge is 0.261 e. The highest BCUT2D eigenvalue weighted by Crippen LogP contribution is 2.26. The molecule has 3 rings (SSSR count). The van der Waals surface area contributed by atoms with Gasteiger partial charge < -0.3 is 14.1 Å². The Morgan fingerprint density at radius 1 is 1.11 bits per heavy atom. The zero-order chi connectivity index (χ0) is 20.1. The molecule has 0 saturated carbocycles. The first-order valence-electron chi connectivity index (χ1n) is 8.86. The molecule has 0 aliphatic heterocycles. The summed E-state index contributed by atoms with van der Waals surface area (Å²) >= 11 is 6.17. The van der Waals surface area contributed by atoms with E-state index in [2.05, 4.69) is 0 Å². The minimum atomic E-state index is -0.341. The maximum Gasteiger partial charge on any atom is 0.261 e. The molecule has 0 atom stereocenters. The highest BCUT2D eigenvalue weighted by Gasteiger charge is 2.17. The Morgan fingerprint density at radius 2 is 1.86 bits per heavy atom. The van der Waals surface area contributed by atoms with Crippen molar-refractivity contribution < 1.29 is 18.3 Å². The van der Waals surface area contributed by atoms with Crippen molar-refractivity contribution in [1.29, 1.82) is 0 Å². The van der Waals surface area contributed by atoms with Crippen molar-refractivity contribution in [2.75, 3.05) is 6.61 Å². The van der Waals surface area contributed by atoms with Gasteiger partial charge in [0.1, 0.15) is 17.3 Å². The number of aryl methyl sites for hydroxylation is 2. The predicted octanol–water partition coefficient (Wildman–Crippen LogP) is 5.30. The lowest BCUT2D eigenvalue weighted by molar-refractivity contribution is -0.134. The number of rotatable bonds is 7. The first-order valence-corrected chi connectivity index (χ1v) is 9.24. The van der Waals surface area contributed by atoms with Crippen LogP contribution in [0, 0.1) is 19.7 Å². The van der Waals surface area contributed by atoms with Crippen LogP contribution in [-0.4, -0.2) is 17.4 Å². The number of halogens is 2. The van der Waals surface area contributed by atoms with Crippen LogP contribution in [0.25, 0.3) is 0 Å². The fraction of sp³-hybridized carbons (Fsp3) is 0.227. The number of hydrogen-bond acceptors (Lipinski definition) is 3. The minimum Gasteiger partial charge on any atom is -0.484 e. The van der Waals surface area contributed by atoms with Crippen LogP contribution < -0.4 is 4.74 Å². The van der Waals surface area contributed by atoms with Gasteiger partial charge in [-0.15, -0.1) is 0 Å². The summed E-state index contributed by atoms with van der Waals surface area (Å²) < 4.78 is 24.6. The monoisotopic (exact) mass is 401 g/mol. The number of furan rings is 1. The highest BCUT2D eigenvalue weighted by molar-refractivity contribution is 6.32. The molecule has 2 aromatic carbocycles. The van der Waals surface area contributed by atoms with Crippen molar-refractivity contribution in [3.8, 4) is 5.75 Å². The second kappa shape index (κ2) is 8.93. The number of carbonyl (C=O) groups excluding carboxylic acids is 1. The number of carbonyl (C=O) groups is 1. The molecule has 0 aliphatic carbocycles. The van der Waals surface area contributed by atoms with Crippen LogP contribution in [-0.2, 0) is 17.9 Å². The molecule has 0 fully saturated rings. The Bertz CT molecular complexity index is 933. The second-order valence-corrected chi connectivity index (χ2v) is 7.00. The Balaban J connectivity index is 1.72. The summed E-state index contributed by atoms with van der Waals surface area (Å²) in [5.41, 5.74) is 2.46. The van der Waals surface area contributed by atoms with E-state index in [1.165, 1.54) is 12.1 Å². The van der Waals surface area contributed by atoms with Crippen molar-refractivity contribution in [2.45, 2.75) is 26.9 Å². The number of nitrogens with zero attached hydrogens (tertiary/aromatic N) is 1. The van der Waals surface area contributed by atoms with Crippen molar-refractivity contribution in [3.05, 3.63) is 88.1 Å². The van der Waals surface area contributed by atoms with Gasteiger partial charge >= 0.3 is 0 Å². The van der Waals surface area contributed by atoms with Gasteiger partial charge in [0, 0.05) is 11.6 Å². The number of benzene rings is 2.